The van der Waals surface area contributed by atoms with E-state index in [1.807, 2.05) is 6.92 Å². The molecule has 1 atom stereocenters. The van der Waals surface area contributed by atoms with E-state index in [-0.39, 0.29) is 18.6 Å². The lowest BCUT2D eigenvalue weighted by Crippen LogP contribution is -2.38. The zero-order chi connectivity index (χ0) is 13.5. The summed E-state index contributed by atoms with van der Waals surface area (Å²) in [4.78, 5) is 11.5. The van der Waals surface area contributed by atoms with Crippen LogP contribution in [-0.4, -0.2) is 32.3 Å². The standard InChI is InChI=1S/C12H17ClN2O3/c1-8(6-17-2)15-12(16)7-18-11-4-3-9(13)5-10(11)14/h3-5,8H,6-7,14H2,1-2H3,(H,15,16). The first-order valence-corrected chi connectivity index (χ1v) is 5.87. The largest absolute Gasteiger partial charge is 0.482 e. The van der Waals surface area contributed by atoms with Crippen molar-refractivity contribution >= 4 is 23.2 Å². The molecule has 1 aromatic carbocycles. The van der Waals surface area contributed by atoms with Crippen molar-refractivity contribution in [3.63, 3.8) is 0 Å². The van der Waals surface area contributed by atoms with Gasteiger partial charge >= 0.3 is 0 Å². The number of methoxy groups -OCH3 is 1. The van der Waals surface area contributed by atoms with Gasteiger partial charge in [-0.25, -0.2) is 0 Å². The average Bonchev–Trinajstić information content (AvgIpc) is 2.28. The number of halogens is 1. The van der Waals surface area contributed by atoms with E-state index in [1.165, 1.54) is 0 Å². The van der Waals surface area contributed by atoms with Crippen LogP contribution in [0.2, 0.25) is 5.02 Å². The zero-order valence-corrected chi connectivity index (χ0v) is 11.2. The van der Waals surface area contributed by atoms with Gasteiger partial charge in [-0.15, -0.1) is 0 Å². The minimum Gasteiger partial charge on any atom is -0.482 e. The predicted octanol–water partition coefficient (Wildman–Crippen LogP) is 1.45. The molecule has 0 aromatic heterocycles. The Morgan fingerprint density at radius 2 is 2.28 bits per heavy atom. The van der Waals surface area contributed by atoms with Crippen LogP contribution in [0, 0.1) is 0 Å². The van der Waals surface area contributed by atoms with Crippen LogP contribution in [0.3, 0.4) is 0 Å². The van der Waals surface area contributed by atoms with Crippen LogP contribution < -0.4 is 15.8 Å². The molecule has 0 bridgehead atoms. The third kappa shape index (κ3) is 4.81. The smallest absolute Gasteiger partial charge is 0.258 e. The molecular formula is C12H17ClN2O3. The highest BCUT2D eigenvalue weighted by molar-refractivity contribution is 6.30. The number of rotatable bonds is 6. The first-order chi connectivity index (χ1) is 8.52. The molecule has 0 radical (unpaired) electrons. The topological polar surface area (TPSA) is 73.6 Å². The van der Waals surface area contributed by atoms with Crippen molar-refractivity contribution in [3.05, 3.63) is 23.2 Å². The number of ether oxygens (including phenoxy) is 2. The van der Waals surface area contributed by atoms with E-state index in [0.29, 0.717) is 23.1 Å². The molecule has 1 amide bonds. The Kier molecular flexibility index (Phi) is 5.74. The maximum atomic E-state index is 11.5. The monoisotopic (exact) mass is 272 g/mol. The molecule has 0 saturated heterocycles. The Hall–Kier alpha value is -1.46. The molecule has 3 N–H and O–H groups in total. The Labute approximate surface area is 111 Å². The lowest BCUT2D eigenvalue weighted by Gasteiger charge is -2.13. The summed E-state index contributed by atoms with van der Waals surface area (Å²) in [7, 11) is 1.58. The van der Waals surface area contributed by atoms with E-state index in [4.69, 9.17) is 26.8 Å². The average molecular weight is 273 g/mol. The lowest BCUT2D eigenvalue weighted by molar-refractivity contribution is -0.124. The van der Waals surface area contributed by atoms with E-state index in [1.54, 1.807) is 25.3 Å². The van der Waals surface area contributed by atoms with E-state index < -0.39 is 0 Å². The van der Waals surface area contributed by atoms with E-state index in [0.717, 1.165) is 0 Å². The fraction of sp³-hybridized carbons (Fsp3) is 0.417. The van der Waals surface area contributed by atoms with E-state index in [9.17, 15) is 4.79 Å². The summed E-state index contributed by atoms with van der Waals surface area (Å²) in [6.45, 7) is 2.20. The highest BCUT2D eigenvalue weighted by atomic mass is 35.5. The van der Waals surface area contributed by atoms with Crippen LogP contribution in [0.15, 0.2) is 18.2 Å². The van der Waals surface area contributed by atoms with Crippen LogP contribution in [0.4, 0.5) is 5.69 Å². The SMILES string of the molecule is COCC(C)NC(=O)COc1ccc(Cl)cc1N. The third-order valence-electron chi connectivity index (χ3n) is 2.15. The normalized spacial score (nSPS) is 11.9. The second-order valence-corrected chi connectivity index (χ2v) is 4.33. The molecule has 1 aromatic rings. The number of carbonyl (C=O) groups excluding carboxylic acids is 1. The summed E-state index contributed by atoms with van der Waals surface area (Å²) in [6.07, 6.45) is 0. The fourth-order valence-electron chi connectivity index (χ4n) is 1.40. The minimum absolute atomic E-state index is 0.0614. The lowest BCUT2D eigenvalue weighted by atomic mass is 10.3. The minimum atomic E-state index is -0.228. The van der Waals surface area contributed by atoms with Gasteiger partial charge in [-0.3, -0.25) is 4.79 Å². The number of hydrogen-bond acceptors (Lipinski definition) is 4. The van der Waals surface area contributed by atoms with Crippen LogP contribution in [0.5, 0.6) is 5.75 Å². The Balaban J connectivity index is 2.42. The predicted molar refractivity (Wildman–Crippen MR) is 70.8 cm³/mol. The molecule has 18 heavy (non-hydrogen) atoms. The second-order valence-electron chi connectivity index (χ2n) is 3.89. The zero-order valence-electron chi connectivity index (χ0n) is 10.4. The quantitative estimate of drug-likeness (QED) is 0.769. The molecule has 0 aliphatic carbocycles. The molecule has 1 unspecified atom stereocenters. The Bertz CT molecular complexity index is 412. The maximum absolute atomic E-state index is 11.5. The molecule has 0 aliphatic rings. The van der Waals surface area contributed by atoms with Gasteiger partial charge in [0.1, 0.15) is 5.75 Å². The molecule has 0 aliphatic heterocycles. The number of anilines is 1. The summed E-state index contributed by atoms with van der Waals surface area (Å²) in [5, 5.41) is 3.25. The number of hydrogen-bond donors (Lipinski definition) is 2. The molecule has 0 spiro atoms. The van der Waals surface area contributed by atoms with Crippen molar-refractivity contribution in [1.82, 2.24) is 5.32 Å². The van der Waals surface area contributed by atoms with Crippen molar-refractivity contribution in [2.45, 2.75) is 13.0 Å². The molecule has 5 nitrogen and oxygen atoms in total. The number of nitrogens with two attached hydrogens (primary N) is 1. The van der Waals surface area contributed by atoms with Crippen LogP contribution in [0.1, 0.15) is 6.92 Å². The molecule has 0 heterocycles. The van der Waals surface area contributed by atoms with E-state index >= 15 is 0 Å². The van der Waals surface area contributed by atoms with Crippen LogP contribution in [-0.2, 0) is 9.53 Å². The van der Waals surface area contributed by atoms with Gasteiger partial charge in [-0.2, -0.15) is 0 Å². The van der Waals surface area contributed by atoms with Crippen molar-refractivity contribution < 1.29 is 14.3 Å². The highest BCUT2D eigenvalue weighted by Gasteiger charge is 2.09. The number of nitrogens with one attached hydrogen (secondary N) is 1. The van der Waals surface area contributed by atoms with Gasteiger partial charge in [0.15, 0.2) is 6.61 Å². The van der Waals surface area contributed by atoms with Gasteiger partial charge in [0.2, 0.25) is 0 Å². The van der Waals surface area contributed by atoms with Gasteiger partial charge in [0.25, 0.3) is 5.91 Å². The summed E-state index contributed by atoms with van der Waals surface area (Å²) >= 11 is 5.75. The number of nitrogen functional groups attached to an aromatic ring is 1. The van der Waals surface area contributed by atoms with Crippen molar-refractivity contribution in [2.75, 3.05) is 26.1 Å². The highest BCUT2D eigenvalue weighted by Crippen LogP contribution is 2.24. The van der Waals surface area contributed by atoms with Crippen molar-refractivity contribution in [2.24, 2.45) is 0 Å². The van der Waals surface area contributed by atoms with Crippen molar-refractivity contribution in [3.8, 4) is 5.75 Å². The first-order valence-electron chi connectivity index (χ1n) is 5.49. The van der Waals surface area contributed by atoms with Gasteiger partial charge in [-0.05, 0) is 25.1 Å². The fourth-order valence-corrected chi connectivity index (χ4v) is 1.58. The maximum Gasteiger partial charge on any atom is 0.258 e. The molecule has 0 saturated carbocycles. The molecular weight excluding hydrogens is 256 g/mol. The second kappa shape index (κ2) is 7.08. The summed E-state index contributed by atoms with van der Waals surface area (Å²) in [5.74, 6) is 0.211. The van der Waals surface area contributed by atoms with Gasteiger partial charge in [0.05, 0.1) is 12.3 Å². The third-order valence-corrected chi connectivity index (χ3v) is 2.39. The molecule has 1 rings (SSSR count). The molecule has 0 fully saturated rings. The van der Waals surface area contributed by atoms with Gasteiger partial charge in [-0.1, -0.05) is 11.6 Å². The van der Waals surface area contributed by atoms with Gasteiger partial charge < -0.3 is 20.5 Å². The first kappa shape index (κ1) is 14.6. The Morgan fingerprint density at radius 3 is 2.89 bits per heavy atom. The summed E-state index contributed by atoms with van der Waals surface area (Å²) in [6, 6.07) is 4.79. The number of amides is 1. The van der Waals surface area contributed by atoms with Crippen molar-refractivity contribution in [1.29, 1.82) is 0 Å². The number of carbonyl (C=O) groups is 1. The summed E-state index contributed by atoms with van der Waals surface area (Å²) < 4.78 is 10.2. The van der Waals surface area contributed by atoms with E-state index in [2.05, 4.69) is 5.32 Å². The molecule has 100 valence electrons. The Morgan fingerprint density at radius 1 is 1.56 bits per heavy atom. The summed E-state index contributed by atoms with van der Waals surface area (Å²) in [5.41, 5.74) is 6.10. The number of benzene rings is 1. The van der Waals surface area contributed by atoms with Crippen LogP contribution >= 0.6 is 11.6 Å². The van der Waals surface area contributed by atoms with Crippen LogP contribution in [0.25, 0.3) is 0 Å². The molecule has 6 heteroatoms. The van der Waals surface area contributed by atoms with Gasteiger partial charge in [0, 0.05) is 18.2 Å².